The Morgan fingerprint density at radius 1 is 1.00 bits per heavy atom. The van der Waals surface area contributed by atoms with Gasteiger partial charge in [0.15, 0.2) is 0 Å². The van der Waals surface area contributed by atoms with Gasteiger partial charge >= 0.3 is 0 Å². The number of hydrogen-bond acceptors (Lipinski definition) is 2. The highest BCUT2D eigenvalue weighted by molar-refractivity contribution is 7.88. The van der Waals surface area contributed by atoms with E-state index in [4.69, 9.17) is 0 Å². The van der Waals surface area contributed by atoms with Gasteiger partial charge in [0, 0.05) is 6.54 Å². The van der Waals surface area contributed by atoms with Crippen LogP contribution in [0.15, 0.2) is 48.5 Å². The van der Waals surface area contributed by atoms with Crippen LogP contribution >= 0.6 is 0 Å². The van der Waals surface area contributed by atoms with Gasteiger partial charge in [-0.15, -0.1) is 0 Å². The second kappa shape index (κ2) is 7.07. The van der Waals surface area contributed by atoms with Gasteiger partial charge in [0.25, 0.3) is 0 Å². The number of sulfonamides is 1. The zero-order valence-electron chi connectivity index (χ0n) is 13.0. The summed E-state index contributed by atoms with van der Waals surface area (Å²) in [5, 5.41) is 0. The van der Waals surface area contributed by atoms with Crippen molar-refractivity contribution in [3.63, 3.8) is 0 Å². The minimum absolute atomic E-state index is 0.291. The molecule has 0 heterocycles. The molecule has 1 radical (unpaired) electrons. The Hall–Kier alpha value is -1.65. The Balaban J connectivity index is 2.02. The molecule has 0 spiro atoms. The van der Waals surface area contributed by atoms with Gasteiger partial charge in [-0.25, -0.2) is 13.1 Å². The van der Waals surface area contributed by atoms with Crippen LogP contribution in [0.2, 0.25) is 0 Å². The van der Waals surface area contributed by atoms with Crippen molar-refractivity contribution in [1.29, 1.82) is 0 Å². The summed E-state index contributed by atoms with van der Waals surface area (Å²) >= 11 is 0. The molecule has 1 atom stereocenters. The summed E-state index contributed by atoms with van der Waals surface area (Å²) in [6, 6.07) is 16.6. The van der Waals surface area contributed by atoms with E-state index in [2.05, 4.69) is 55.0 Å². The molecule has 1 unspecified atom stereocenters. The summed E-state index contributed by atoms with van der Waals surface area (Å²) in [4.78, 5) is 0. The molecule has 0 saturated heterocycles. The normalized spacial score (nSPS) is 11.8. The van der Waals surface area contributed by atoms with Crippen LogP contribution in [0.3, 0.4) is 0 Å². The van der Waals surface area contributed by atoms with Crippen LogP contribution in [0.1, 0.15) is 24.0 Å². The predicted molar refractivity (Wildman–Crippen MR) is 92.2 cm³/mol. The van der Waals surface area contributed by atoms with E-state index >= 15 is 0 Å². The number of benzene rings is 2. The van der Waals surface area contributed by atoms with Crippen LogP contribution in [0.4, 0.5) is 0 Å². The molecule has 2 rings (SSSR count). The lowest BCUT2D eigenvalue weighted by Gasteiger charge is -2.08. The first-order chi connectivity index (χ1) is 10.3. The molecule has 2 aromatic carbocycles. The molecule has 4 heteroatoms. The molecule has 0 fully saturated rings. The first kappa shape index (κ1) is 16.7. The lowest BCUT2D eigenvalue weighted by molar-refractivity contribution is 0.588. The highest BCUT2D eigenvalue weighted by atomic mass is 32.2. The van der Waals surface area contributed by atoms with Gasteiger partial charge in [0.1, 0.15) is 0 Å². The van der Waals surface area contributed by atoms with Crippen LogP contribution in [0, 0.1) is 6.92 Å². The van der Waals surface area contributed by atoms with Crippen LogP contribution in [0.5, 0.6) is 0 Å². The lowest BCUT2D eigenvalue weighted by atomic mass is 9.98. The average Bonchev–Trinajstić information content (AvgIpc) is 2.47. The highest BCUT2D eigenvalue weighted by Crippen LogP contribution is 2.23. The molecule has 1 N–H and O–H groups in total. The lowest BCUT2D eigenvalue weighted by Crippen LogP contribution is -2.24. The maximum Gasteiger partial charge on any atom is 0.208 e. The van der Waals surface area contributed by atoms with E-state index in [-0.39, 0.29) is 0 Å². The summed E-state index contributed by atoms with van der Waals surface area (Å²) in [6.07, 6.45) is 1.86. The fraction of sp³-hybridized carbons (Fsp3) is 0.278. The van der Waals surface area contributed by atoms with Crippen molar-refractivity contribution in [2.45, 2.75) is 19.3 Å². The van der Waals surface area contributed by atoms with Gasteiger partial charge < -0.3 is 0 Å². The average molecular weight is 316 g/mol. The molecule has 3 nitrogen and oxygen atoms in total. The van der Waals surface area contributed by atoms with Gasteiger partial charge in [-0.2, -0.15) is 0 Å². The summed E-state index contributed by atoms with van der Waals surface area (Å²) in [5.41, 5.74) is 4.67. The smallest absolute Gasteiger partial charge is 0.208 e. The van der Waals surface area contributed by atoms with Crippen molar-refractivity contribution < 1.29 is 8.42 Å². The fourth-order valence-electron chi connectivity index (χ4n) is 2.25. The quantitative estimate of drug-likeness (QED) is 0.888. The van der Waals surface area contributed by atoms with Crippen molar-refractivity contribution in [2.24, 2.45) is 0 Å². The van der Waals surface area contributed by atoms with Crippen molar-refractivity contribution in [2.75, 3.05) is 12.8 Å². The molecule has 0 aromatic heterocycles. The Bertz CT molecular complexity index is 702. The fourth-order valence-corrected chi connectivity index (χ4v) is 2.72. The second-order valence-electron chi connectivity index (χ2n) is 5.64. The first-order valence-corrected chi connectivity index (χ1v) is 9.21. The zero-order valence-corrected chi connectivity index (χ0v) is 13.9. The van der Waals surface area contributed by atoms with Crippen molar-refractivity contribution in [1.82, 2.24) is 4.72 Å². The van der Waals surface area contributed by atoms with Gasteiger partial charge in [0.05, 0.1) is 6.26 Å². The zero-order chi connectivity index (χ0) is 16.2. The summed E-state index contributed by atoms with van der Waals surface area (Å²) in [7, 11) is -3.11. The Labute approximate surface area is 133 Å². The third-order valence-electron chi connectivity index (χ3n) is 3.54. The Morgan fingerprint density at radius 3 is 1.95 bits per heavy atom. The maximum atomic E-state index is 11.0. The first-order valence-electron chi connectivity index (χ1n) is 7.32. The molecule has 0 aliphatic heterocycles. The summed E-state index contributed by atoms with van der Waals surface area (Å²) < 4.78 is 24.5. The van der Waals surface area contributed by atoms with Crippen LogP contribution in [-0.2, 0) is 16.4 Å². The van der Waals surface area contributed by atoms with Gasteiger partial charge in [-0.05, 0) is 41.5 Å². The van der Waals surface area contributed by atoms with Crippen LogP contribution in [0.25, 0.3) is 11.1 Å². The molecular weight excluding hydrogens is 294 g/mol. The topological polar surface area (TPSA) is 46.2 Å². The third kappa shape index (κ3) is 4.97. The SMILES string of the molecule is [CH2]C(C)c1ccc(-c2ccc(CCNS(C)(=O)=O)cc2)cc1. The predicted octanol–water partition coefficient (Wildman–Crippen LogP) is 3.38. The summed E-state index contributed by atoms with van der Waals surface area (Å²) in [6.45, 7) is 6.52. The van der Waals surface area contributed by atoms with E-state index in [0.29, 0.717) is 18.9 Å². The van der Waals surface area contributed by atoms with Crippen LogP contribution < -0.4 is 4.72 Å². The van der Waals surface area contributed by atoms with E-state index in [1.807, 2.05) is 12.1 Å². The second-order valence-corrected chi connectivity index (χ2v) is 7.47. The van der Waals surface area contributed by atoms with E-state index in [9.17, 15) is 8.42 Å². The molecule has 0 aliphatic carbocycles. The molecule has 117 valence electrons. The number of hydrogen-bond donors (Lipinski definition) is 1. The minimum Gasteiger partial charge on any atom is -0.215 e. The number of nitrogens with one attached hydrogen (secondary N) is 1. The molecule has 0 bridgehead atoms. The van der Waals surface area contributed by atoms with Gasteiger partial charge in [-0.1, -0.05) is 55.5 Å². The molecule has 0 amide bonds. The Kier molecular flexibility index (Phi) is 5.37. The standard InChI is InChI=1S/C18H22NO2S/c1-14(2)16-8-10-18(11-9-16)17-6-4-15(5-7-17)12-13-19-22(3,20)21/h4-11,14,19H,1,12-13H2,2-3H3. The minimum atomic E-state index is -3.11. The molecule has 22 heavy (non-hydrogen) atoms. The molecule has 0 aliphatic rings. The van der Waals surface area contributed by atoms with E-state index < -0.39 is 10.0 Å². The molecule has 2 aromatic rings. The van der Waals surface area contributed by atoms with E-state index in [1.165, 1.54) is 17.4 Å². The number of rotatable bonds is 6. The third-order valence-corrected chi connectivity index (χ3v) is 4.27. The summed E-state index contributed by atoms with van der Waals surface area (Å²) in [5.74, 6) is 0.291. The van der Waals surface area contributed by atoms with Crippen LogP contribution in [-0.4, -0.2) is 21.2 Å². The van der Waals surface area contributed by atoms with Crippen molar-refractivity contribution >= 4 is 10.0 Å². The largest absolute Gasteiger partial charge is 0.215 e. The maximum absolute atomic E-state index is 11.0. The van der Waals surface area contributed by atoms with Crippen molar-refractivity contribution in [3.8, 4) is 11.1 Å². The van der Waals surface area contributed by atoms with Gasteiger partial charge in [-0.3, -0.25) is 0 Å². The molecular formula is C18H22NO2S. The van der Waals surface area contributed by atoms with Crippen molar-refractivity contribution in [3.05, 3.63) is 66.6 Å². The Morgan fingerprint density at radius 2 is 1.50 bits per heavy atom. The monoisotopic (exact) mass is 316 g/mol. The van der Waals surface area contributed by atoms with E-state index in [0.717, 1.165) is 11.1 Å². The highest BCUT2D eigenvalue weighted by Gasteiger charge is 2.03. The van der Waals surface area contributed by atoms with E-state index in [1.54, 1.807) is 0 Å². The van der Waals surface area contributed by atoms with Gasteiger partial charge in [0.2, 0.25) is 10.0 Å². The molecule has 0 saturated carbocycles.